The predicted molar refractivity (Wildman–Crippen MR) is 65.7 cm³/mol. The van der Waals surface area contributed by atoms with Gasteiger partial charge in [0.25, 0.3) is 0 Å². The highest BCUT2D eigenvalue weighted by Crippen LogP contribution is 2.33. The van der Waals surface area contributed by atoms with Crippen LogP contribution in [0.4, 0.5) is 0 Å². The van der Waals surface area contributed by atoms with Crippen LogP contribution >= 0.6 is 0 Å². The molecule has 96 valence electrons. The van der Waals surface area contributed by atoms with E-state index in [1.54, 1.807) is 0 Å². The molecule has 0 saturated heterocycles. The van der Waals surface area contributed by atoms with Crippen molar-refractivity contribution < 1.29 is 13.9 Å². The molecule has 2 atom stereocenters. The van der Waals surface area contributed by atoms with E-state index in [9.17, 15) is 4.79 Å². The molecule has 1 rings (SSSR count). The van der Waals surface area contributed by atoms with Crippen LogP contribution in [-0.4, -0.2) is 19.1 Å². The van der Waals surface area contributed by atoms with Crippen molar-refractivity contribution in [1.29, 1.82) is 0 Å². The van der Waals surface area contributed by atoms with Crippen LogP contribution in [0.25, 0.3) is 0 Å². The fourth-order valence-electron chi connectivity index (χ4n) is 1.96. The number of aryl methyl sites for hydroxylation is 1. The van der Waals surface area contributed by atoms with Gasteiger partial charge in [-0.05, 0) is 25.5 Å². The van der Waals surface area contributed by atoms with E-state index < -0.39 is 5.41 Å². The van der Waals surface area contributed by atoms with Crippen LogP contribution in [0, 0.1) is 6.92 Å². The average molecular weight is 239 g/mol. The lowest BCUT2D eigenvalue weighted by Gasteiger charge is -2.32. The van der Waals surface area contributed by atoms with Crippen LogP contribution in [0.3, 0.4) is 0 Å². The van der Waals surface area contributed by atoms with Gasteiger partial charge in [0, 0.05) is 6.04 Å². The first-order chi connectivity index (χ1) is 7.93. The van der Waals surface area contributed by atoms with Crippen LogP contribution in [0.15, 0.2) is 16.5 Å². The Morgan fingerprint density at radius 2 is 2.24 bits per heavy atom. The Hall–Kier alpha value is -1.29. The van der Waals surface area contributed by atoms with Crippen LogP contribution in [0.5, 0.6) is 0 Å². The van der Waals surface area contributed by atoms with E-state index in [1.807, 2.05) is 32.9 Å². The van der Waals surface area contributed by atoms with Gasteiger partial charge in [-0.2, -0.15) is 0 Å². The molecular weight excluding hydrogens is 218 g/mol. The Balaban J connectivity index is 3.05. The summed E-state index contributed by atoms with van der Waals surface area (Å²) in [6.45, 7) is 5.81. The maximum atomic E-state index is 11.5. The number of rotatable bonds is 5. The maximum absolute atomic E-state index is 11.5. The van der Waals surface area contributed by atoms with E-state index in [4.69, 9.17) is 14.9 Å². The molecule has 1 aromatic heterocycles. The van der Waals surface area contributed by atoms with Crippen LogP contribution in [0.1, 0.15) is 38.2 Å². The Kier molecular flexibility index (Phi) is 4.34. The molecule has 0 aliphatic heterocycles. The van der Waals surface area contributed by atoms with E-state index >= 15 is 0 Å². The van der Waals surface area contributed by atoms with Crippen molar-refractivity contribution in [2.45, 2.75) is 45.1 Å². The number of nitrogens with two attached hydrogens (primary N) is 1. The maximum Gasteiger partial charge on any atom is 0.306 e. The van der Waals surface area contributed by atoms with Crippen molar-refractivity contribution in [3.8, 4) is 0 Å². The quantitative estimate of drug-likeness (QED) is 0.799. The highest BCUT2D eigenvalue weighted by atomic mass is 16.5. The van der Waals surface area contributed by atoms with Crippen molar-refractivity contribution >= 4 is 5.97 Å². The lowest BCUT2D eigenvalue weighted by molar-refractivity contribution is -0.142. The van der Waals surface area contributed by atoms with Gasteiger partial charge >= 0.3 is 5.97 Å². The van der Waals surface area contributed by atoms with Crippen LogP contribution in [0.2, 0.25) is 0 Å². The molecule has 2 N–H and O–H groups in total. The second-order valence-corrected chi connectivity index (χ2v) is 4.60. The largest absolute Gasteiger partial charge is 0.469 e. The van der Waals surface area contributed by atoms with Crippen molar-refractivity contribution in [3.05, 3.63) is 23.7 Å². The van der Waals surface area contributed by atoms with E-state index in [2.05, 4.69) is 0 Å². The first kappa shape index (κ1) is 13.8. The Labute approximate surface area is 102 Å². The summed E-state index contributed by atoms with van der Waals surface area (Å²) in [6, 6.07) is 3.62. The topological polar surface area (TPSA) is 65.5 Å². The summed E-state index contributed by atoms with van der Waals surface area (Å²) in [5, 5.41) is 0. The molecule has 0 radical (unpaired) electrons. The number of carbonyl (C=O) groups is 1. The molecule has 0 fully saturated rings. The SMILES string of the molecule is CCC(N)C(C)(CC(=O)OC)c1ccc(C)o1. The summed E-state index contributed by atoms with van der Waals surface area (Å²) in [4.78, 5) is 11.5. The second kappa shape index (κ2) is 5.36. The van der Waals surface area contributed by atoms with Gasteiger partial charge in [-0.25, -0.2) is 0 Å². The first-order valence-corrected chi connectivity index (χ1v) is 5.83. The lowest BCUT2D eigenvalue weighted by atomic mass is 9.76. The fourth-order valence-corrected chi connectivity index (χ4v) is 1.96. The minimum atomic E-state index is -0.518. The molecule has 17 heavy (non-hydrogen) atoms. The molecule has 0 aliphatic carbocycles. The van der Waals surface area contributed by atoms with Crippen molar-refractivity contribution in [1.82, 2.24) is 0 Å². The number of hydrogen-bond donors (Lipinski definition) is 1. The molecule has 1 aromatic rings. The first-order valence-electron chi connectivity index (χ1n) is 5.83. The molecule has 0 bridgehead atoms. The van der Waals surface area contributed by atoms with Crippen LogP contribution < -0.4 is 5.73 Å². The highest BCUT2D eigenvalue weighted by Gasteiger charge is 2.38. The third kappa shape index (κ3) is 2.88. The molecule has 0 saturated carbocycles. The molecule has 1 heterocycles. The fraction of sp³-hybridized carbons (Fsp3) is 0.615. The molecule has 0 aromatic carbocycles. The predicted octanol–water partition coefficient (Wildman–Crippen LogP) is 2.15. The molecule has 2 unspecified atom stereocenters. The average Bonchev–Trinajstić information content (AvgIpc) is 2.74. The molecule has 4 heteroatoms. The van der Waals surface area contributed by atoms with E-state index in [0.717, 1.165) is 17.9 Å². The summed E-state index contributed by atoms with van der Waals surface area (Å²) in [5.41, 5.74) is 5.61. The summed E-state index contributed by atoms with van der Waals surface area (Å²) in [5.74, 6) is 1.29. The Morgan fingerprint density at radius 1 is 1.59 bits per heavy atom. The monoisotopic (exact) mass is 239 g/mol. The molecule has 0 amide bonds. The highest BCUT2D eigenvalue weighted by molar-refractivity contribution is 5.71. The standard InChI is InChI=1S/C13H21NO3/c1-5-10(14)13(3,8-12(15)16-4)11-7-6-9(2)17-11/h6-7,10H,5,8,14H2,1-4H3. The van der Waals surface area contributed by atoms with Gasteiger partial charge in [-0.3, -0.25) is 4.79 Å². The van der Waals surface area contributed by atoms with E-state index in [1.165, 1.54) is 7.11 Å². The zero-order chi connectivity index (χ0) is 13.1. The van der Waals surface area contributed by atoms with Gasteiger partial charge in [0.15, 0.2) is 0 Å². The molecular formula is C13H21NO3. The van der Waals surface area contributed by atoms with Gasteiger partial charge in [0.05, 0.1) is 18.9 Å². The second-order valence-electron chi connectivity index (χ2n) is 4.60. The number of methoxy groups -OCH3 is 1. The van der Waals surface area contributed by atoms with E-state index in [0.29, 0.717) is 0 Å². The number of furan rings is 1. The molecule has 4 nitrogen and oxygen atoms in total. The number of esters is 1. The smallest absolute Gasteiger partial charge is 0.306 e. The summed E-state index contributed by atoms with van der Waals surface area (Å²) in [7, 11) is 1.38. The Bertz CT molecular complexity index is 386. The van der Waals surface area contributed by atoms with Crippen molar-refractivity contribution in [2.24, 2.45) is 5.73 Å². The molecule has 0 aliphatic rings. The summed E-state index contributed by atoms with van der Waals surface area (Å²) >= 11 is 0. The third-order valence-corrected chi connectivity index (χ3v) is 3.30. The van der Waals surface area contributed by atoms with E-state index in [-0.39, 0.29) is 18.4 Å². The minimum Gasteiger partial charge on any atom is -0.469 e. The van der Waals surface area contributed by atoms with Gasteiger partial charge in [0.1, 0.15) is 11.5 Å². The third-order valence-electron chi connectivity index (χ3n) is 3.30. The lowest BCUT2D eigenvalue weighted by Crippen LogP contribution is -2.44. The zero-order valence-corrected chi connectivity index (χ0v) is 10.9. The van der Waals surface area contributed by atoms with Crippen molar-refractivity contribution in [3.63, 3.8) is 0 Å². The number of hydrogen-bond acceptors (Lipinski definition) is 4. The summed E-state index contributed by atoms with van der Waals surface area (Å²) < 4.78 is 10.4. The normalized spacial score (nSPS) is 16.3. The van der Waals surface area contributed by atoms with Gasteiger partial charge in [-0.15, -0.1) is 0 Å². The minimum absolute atomic E-state index is 0.146. The van der Waals surface area contributed by atoms with Gasteiger partial charge in [0.2, 0.25) is 0 Å². The Morgan fingerprint density at radius 3 is 2.65 bits per heavy atom. The number of ether oxygens (including phenoxy) is 1. The van der Waals surface area contributed by atoms with Gasteiger partial charge in [-0.1, -0.05) is 13.8 Å². The van der Waals surface area contributed by atoms with Crippen LogP contribution in [-0.2, 0) is 14.9 Å². The number of carbonyl (C=O) groups excluding carboxylic acids is 1. The zero-order valence-electron chi connectivity index (χ0n) is 10.9. The van der Waals surface area contributed by atoms with Crippen molar-refractivity contribution in [2.75, 3.05) is 7.11 Å². The summed E-state index contributed by atoms with van der Waals surface area (Å²) in [6.07, 6.45) is 0.999. The van der Waals surface area contributed by atoms with Gasteiger partial charge < -0.3 is 14.9 Å². The molecule has 0 spiro atoms.